The Balaban J connectivity index is 2.66. The zero-order valence-electron chi connectivity index (χ0n) is 7.77. The van der Waals surface area contributed by atoms with Gasteiger partial charge < -0.3 is 16.3 Å². The zero-order valence-corrected chi connectivity index (χ0v) is 9.36. The Labute approximate surface area is 95.1 Å². The summed E-state index contributed by atoms with van der Waals surface area (Å²) in [5, 5.41) is 13.5. The predicted molar refractivity (Wildman–Crippen MR) is 59.9 cm³/mol. The number of carbonyl (C=O) groups is 1. The number of nitrogens with two attached hydrogens (primary N) is 1. The first-order chi connectivity index (χ1) is 7.15. The molecule has 1 aromatic carbocycles. The predicted octanol–water partition coefficient (Wildman–Crippen LogP) is 0.925. The average Bonchev–Trinajstić information content (AvgIpc) is 2.26. The molecule has 6 heteroatoms. The quantitative estimate of drug-likeness (QED) is 0.331. The summed E-state index contributed by atoms with van der Waals surface area (Å²) in [6.45, 7) is 0.0106. The maximum atomic E-state index is 11.6. The molecule has 0 fully saturated rings. The lowest BCUT2D eigenvalue weighted by Crippen LogP contribution is -2.33. The molecule has 5 nitrogen and oxygen atoms in total. The molecule has 0 spiro atoms. The number of rotatable bonds is 3. The number of amides is 1. The number of benzene rings is 1. The van der Waals surface area contributed by atoms with Crippen LogP contribution in [0.5, 0.6) is 0 Å². The second-order valence-corrected chi connectivity index (χ2v) is 3.61. The van der Waals surface area contributed by atoms with Gasteiger partial charge in [0.25, 0.3) is 5.91 Å². The Hall–Kier alpha value is -1.56. The van der Waals surface area contributed by atoms with Crippen LogP contribution >= 0.6 is 15.9 Å². The van der Waals surface area contributed by atoms with Crippen molar-refractivity contribution in [2.45, 2.75) is 0 Å². The van der Waals surface area contributed by atoms with Crippen molar-refractivity contribution in [3.05, 3.63) is 34.3 Å². The lowest BCUT2D eigenvalue weighted by molar-refractivity contribution is 0.0958. The van der Waals surface area contributed by atoms with Crippen molar-refractivity contribution in [1.82, 2.24) is 5.32 Å². The van der Waals surface area contributed by atoms with Crippen molar-refractivity contribution in [2.75, 3.05) is 6.54 Å². The van der Waals surface area contributed by atoms with E-state index in [1.807, 2.05) is 6.07 Å². The molecule has 0 saturated heterocycles. The number of hydrogen-bond acceptors (Lipinski definition) is 3. The van der Waals surface area contributed by atoms with Gasteiger partial charge in [0.15, 0.2) is 5.84 Å². The molecule has 0 radical (unpaired) electrons. The molecule has 0 atom stereocenters. The van der Waals surface area contributed by atoms with Crippen molar-refractivity contribution in [3.63, 3.8) is 0 Å². The van der Waals surface area contributed by atoms with E-state index in [-0.39, 0.29) is 18.3 Å². The molecule has 0 heterocycles. The molecule has 0 aliphatic heterocycles. The van der Waals surface area contributed by atoms with Crippen LogP contribution in [0.15, 0.2) is 33.9 Å². The van der Waals surface area contributed by atoms with Gasteiger partial charge in [0.05, 0.1) is 12.1 Å². The van der Waals surface area contributed by atoms with Crippen LogP contribution in [0.1, 0.15) is 10.4 Å². The van der Waals surface area contributed by atoms with Crippen LogP contribution in [0.2, 0.25) is 0 Å². The summed E-state index contributed by atoms with van der Waals surface area (Å²) in [6, 6.07) is 7.00. The Morgan fingerprint density at radius 2 is 2.20 bits per heavy atom. The number of hydrogen-bond donors (Lipinski definition) is 3. The first-order valence-electron chi connectivity index (χ1n) is 4.14. The Morgan fingerprint density at radius 1 is 1.53 bits per heavy atom. The number of carbonyl (C=O) groups excluding carboxylic acids is 1. The fraction of sp³-hybridized carbons (Fsp3) is 0.111. The third-order valence-corrected chi connectivity index (χ3v) is 2.37. The van der Waals surface area contributed by atoms with Crippen LogP contribution in [0.4, 0.5) is 0 Å². The highest BCUT2D eigenvalue weighted by atomic mass is 79.9. The van der Waals surface area contributed by atoms with E-state index in [4.69, 9.17) is 10.9 Å². The van der Waals surface area contributed by atoms with Crippen molar-refractivity contribution < 1.29 is 10.0 Å². The molecule has 0 aliphatic carbocycles. The average molecular weight is 272 g/mol. The van der Waals surface area contributed by atoms with E-state index in [0.717, 1.165) is 0 Å². The van der Waals surface area contributed by atoms with Crippen LogP contribution in [0.25, 0.3) is 0 Å². The van der Waals surface area contributed by atoms with Gasteiger partial charge in [-0.1, -0.05) is 17.3 Å². The van der Waals surface area contributed by atoms with E-state index in [0.29, 0.717) is 10.0 Å². The van der Waals surface area contributed by atoms with E-state index in [2.05, 4.69) is 26.4 Å². The summed E-state index contributed by atoms with van der Waals surface area (Å²) in [5.74, 6) is -0.329. The fourth-order valence-electron chi connectivity index (χ4n) is 0.947. The number of nitrogens with zero attached hydrogens (tertiary/aromatic N) is 1. The van der Waals surface area contributed by atoms with E-state index < -0.39 is 0 Å². The Morgan fingerprint density at radius 3 is 2.80 bits per heavy atom. The smallest absolute Gasteiger partial charge is 0.252 e. The van der Waals surface area contributed by atoms with E-state index in [1.165, 1.54) is 0 Å². The number of oxime groups is 1. The van der Waals surface area contributed by atoms with Gasteiger partial charge in [-0.3, -0.25) is 4.79 Å². The van der Waals surface area contributed by atoms with Gasteiger partial charge in [0, 0.05) is 4.47 Å². The molecule has 15 heavy (non-hydrogen) atoms. The first-order valence-corrected chi connectivity index (χ1v) is 4.93. The maximum Gasteiger partial charge on any atom is 0.252 e. The molecule has 0 saturated carbocycles. The second kappa shape index (κ2) is 5.35. The second-order valence-electron chi connectivity index (χ2n) is 2.75. The SMILES string of the molecule is N/C(CNC(=O)c1ccccc1Br)=N\O. The minimum absolute atomic E-state index is 0.0106. The summed E-state index contributed by atoms with van der Waals surface area (Å²) in [5.41, 5.74) is 5.71. The number of nitrogens with one attached hydrogen (secondary N) is 1. The number of amidine groups is 1. The Kier molecular flexibility index (Phi) is 4.11. The lowest BCUT2D eigenvalue weighted by atomic mass is 10.2. The molecule has 0 unspecified atom stereocenters. The van der Waals surface area contributed by atoms with Crippen molar-refractivity contribution in [1.29, 1.82) is 0 Å². The van der Waals surface area contributed by atoms with Gasteiger partial charge in [0.1, 0.15) is 0 Å². The molecular formula is C9H10BrN3O2. The van der Waals surface area contributed by atoms with Crippen LogP contribution in [-0.4, -0.2) is 23.5 Å². The monoisotopic (exact) mass is 271 g/mol. The van der Waals surface area contributed by atoms with Gasteiger partial charge >= 0.3 is 0 Å². The highest BCUT2D eigenvalue weighted by molar-refractivity contribution is 9.10. The fourth-order valence-corrected chi connectivity index (χ4v) is 1.41. The van der Waals surface area contributed by atoms with Crippen molar-refractivity contribution >= 4 is 27.7 Å². The zero-order chi connectivity index (χ0) is 11.3. The molecule has 0 bridgehead atoms. The summed E-state index contributed by atoms with van der Waals surface area (Å²) >= 11 is 3.25. The van der Waals surface area contributed by atoms with Gasteiger partial charge in [-0.15, -0.1) is 0 Å². The first kappa shape index (κ1) is 11.5. The minimum Gasteiger partial charge on any atom is -0.409 e. The molecule has 1 rings (SSSR count). The van der Waals surface area contributed by atoms with E-state index >= 15 is 0 Å². The van der Waals surface area contributed by atoms with Gasteiger partial charge in [0.2, 0.25) is 0 Å². The minimum atomic E-state index is -0.283. The van der Waals surface area contributed by atoms with Crippen molar-refractivity contribution in [2.24, 2.45) is 10.9 Å². The highest BCUT2D eigenvalue weighted by Crippen LogP contribution is 2.15. The third kappa shape index (κ3) is 3.25. The molecule has 0 aliphatic rings. The van der Waals surface area contributed by atoms with Crippen LogP contribution < -0.4 is 11.1 Å². The van der Waals surface area contributed by atoms with Crippen LogP contribution in [0.3, 0.4) is 0 Å². The number of halogens is 1. The van der Waals surface area contributed by atoms with E-state index in [1.54, 1.807) is 18.2 Å². The summed E-state index contributed by atoms with van der Waals surface area (Å²) in [7, 11) is 0. The largest absolute Gasteiger partial charge is 0.409 e. The molecule has 1 amide bonds. The maximum absolute atomic E-state index is 11.6. The van der Waals surface area contributed by atoms with Gasteiger partial charge in [-0.2, -0.15) is 0 Å². The van der Waals surface area contributed by atoms with E-state index in [9.17, 15) is 4.79 Å². The van der Waals surface area contributed by atoms with Crippen LogP contribution in [0, 0.1) is 0 Å². The molecule has 0 aromatic heterocycles. The molecular weight excluding hydrogens is 262 g/mol. The summed E-state index contributed by atoms with van der Waals surface area (Å²) < 4.78 is 0.696. The standard InChI is InChI=1S/C9H10BrN3O2/c10-7-4-2-1-3-6(7)9(14)12-5-8(11)13-15/h1-4,15H,5H2,(H2,11,13)(H,12,14). The summed E-state index contributed by atoms with van der Waals surface area (Å²) in [6.07, 6.45) is 0. The van der Waals surface area contributed by atoms with Gasteiger partial charge in [-0.25, -0.2) is 0 Å². The summed E-state index contributed by atoms with van der Waals surface area (Å²) in [4.78, 5) is 11.6. The molecule has 80 valence electrons. The molecule has 4 N–H and O–H groups in total. The highest BCUT2D eigenvalue weighted by Gasteiger charge is 2.08. The molecule has 1 aromatic rings. The Bertz CT molecular complexity index is 393. The van der Waals surface area contributed by atoms with Crippen molar-refractivity contribution in [3.8, 4) is 0 Å². The van der Waals surface area contributed by atoms with Crippen LogP contribution in [-0.2, 0) is 0 Å². The van der Waals surface area contributed by atoms with Gasteiger partial charge in [-0.05, 0) is 28.1 Å². The lowest BCUT2D eigenvalue weighted by Gasteiger charge is -2.05. The topological polar surface area (TPSA) is 87.7 Å². The third-order valence-electron chi connectivity index (χ3n) is 1.68. The normalized spacial score (nSPS) is 11.1.